The zero-order valence-electron chi connectivity index (χ0n) is 60.2. The van der Waals surface area contributed by atoms with Crippen molar-refractivity contribution in [2.45, 2.75) is 151 Å². The van der Waals surface area contributed by atoms with Crippen LogP contribution >= 0.6 is 58.8 Å². The maximum absolute atomic E-state index is 12.0. The van der Waals surface area contributed by atoms with Crippen molar-refractivity contribution in [3.63, 3.8) is 0 Å². The number of carboxylic acid groups (broad SMARTS) is 1. The summed E-state index contributed by atoms with van der Waals surface area (Å²) in [7, 11) is 10.9. The summed E-state index contributed by atoms with van der Waals surface area (Å²) in [5.41, 5.74) is -0.327. The number of hydrogen-bond acceptors (Lipinski definition) is 25. The van der Waals surface area contributed by atoms with Gasteiger partial charge in [-0.15, -0.1) is 0 Å². The van der Waals surface area contributed by atoms with Gasteiger partial charge in [-0.25, -0.2) is 0 Å². The number of carbonyl (C=O) groups excluding carboxylic acids is 3. The largest absolute Gasteiger partial charge is 0.500 e. The molecular weight excluding hydrogens is 1350 g/mol. The lowest BCUT2D eigenvalue weighted by atomic mass is 9.95. The number of hydrogen-bond donors (Lipinski definition) is 3. The quantitative estimate of drug-likeness (QED) is 0.0378. The van der Waals surface area contributed by atoms with E-state index in [-0.39, 0.29) is 47.0 Å². The second kappa shape index (κ2) is 60.5. The van der Waals surface area contributed by atoms with E-state index in [1.165, 1.54) is 6.92 Å². The van der Waals surface area contributed by atoms with Crippen LogP contribution in [0.15, 0.2) is 0 Å². The number of Topliss-reactive ketones (excluding diaryl/α,β-unsaturated/α-hetero) is 1. The minimum absolute atomic E-state index is 0.0210. The third kappa shape index (κ3) is 49.7. The van der Waals surface area contributed by atoms with Gasteiger partial charge >= 0.3 is 50.0 Å². The molecule has 4 atom stereocenters. The lowest BCUT2D eigenvalue weighted by Gasteiger charge is -2.28. The summed E-state index contributed by atoms with van der Waals surface area (Å²) in [5, 5.41) is 20.6. The van der Waals surface area contributed by atoms with Crippen LogP contribution < -0.4 is 5.32 Å². The number of aliphatic hydroxyl groups is 1. The number of amides is 2. The highest BCUT2D eigenvalue weighted by Gasteiger charge is 2.41. The number of rotatable bonds is 52. The Morgan fingerprint density at radius 2 is 0.733 bits per heavy atom. The molecule has 0 saturated carbocycles. The number of ketones is 1. The molecule has 2 amide bonds. The summed E-state index contributed by atoms with van der Waals surface area (Å²) in [6.07, 6.45) is 4.60. The Morgan fingerprint density at radius 1 is 0.456 bits per heavy atom. The van der Waals surface area contributed by atoms with Crippen molar-refractivity contribution < 1.29 is 95.8 Å². The molecule has 0 aromatic heterocycles. The van der Waals surface area contributed by atoms with Crippen LogP contribution in [0, 0.1) is 17.3 Å². The van der Waals surface area contributed by atoms with Crippen molar-refractivity contribution in [3.05, 3.63) is 0 Å². The molecule has 0 saturated heterocycles. The van der Waals surface area contributed by atoms with Gasteiger partial charge in [-0.05, 0) is 102 Å². The lowest BCUT2D eigenvalue weighted by Crippen LogP contribution is -2.46. The number of aliphatic carboxylic acids is 1. The molecule has 0 aromatic rings. The summed E-state index contributed by atoms with van der Waals surface area (Å²) in [6.45, 7) is 22.5. The van der Waals surface area contributed by atoms with Gasteiger partial charge in [0.2, 0.25) is 11.8 Å². The van der Waals surface area contributed by atoms with E-state index in [0.717, 1.165) is 114 Å². The number of carboxylic acids is 1. The van der Waals surface area contributed by atoms with Crippen molar-refractivity contribution in [2.24, 2.45) is 17.3 Å². The van der Waals surface area contributed by atoms with E-state index in [1.54, 1.807) is 160 Å². The topological polar surface area (TPSA) is 262 Å². The van der Waals surface area contributed by atoms with Crippen LogP contribution in [0.5, 0.6) is 0 Å². The van der Waals surface area contributed by atoms with Gasteiger partial charge in [0.25, 0.3) is 0 Å². The number of nitrogens with zero attached hydrogens (tertiary/aromatic N) is 1. The van der Waals surface area contributed by atoms with Crippen molar-refractivity contribution in [1.29, 1.82) is 0 Å². The Labute approximate surface area is 573 Å². The molecule has 0 bridgehead atoms. The van der Waals surface area contributed by atoms with Gasteiger partial charge in [0, 0.05) is 197 Å². The summed E-state index contributed by atoms with van der Waals surface area (Å²) < 4.78 is 81.4. The second-order valence-electron chi connectivity index (χ2n) is 21.3. The van der Waals surface area contributed by atoms with Gasteiger partial charge < -0.3 is 86.8 Å². The van der Waals surface area contributed by atoms with E-state index in [1.807, 2.05) is 72.0 Å². The van der Waals surface area contributed by atoms with E-state index in [9.17, 15) is 19.2 Å². The summed E-state index contributed by atoms with van der Waals surface area (Å²) in [6, 6.07) is 4.25. The molecule has 0 radical (unpaired) electrons. The molecule has 0 aliphatic carbocycles. The summed E-state index contributed by atoms with van der Waals surface area (Å²) >= 11 is 8.80. The lowest BCUT2D eigenvalue weighted by molar-refractivity contribution is -0.140. The van der Waals surface area contributed by atoms with Crippen LogP contribution in [0.3, 0.4) is 0 Å². The van der Waals surface area contributed by atoms with Gasteiger partial charge in [-0.1, -0.05) is 27.7 Å². The molecular formula is C57H128N2O21S5Si5. The van der Waals surface area contributed by atoms with Crippen LogP contribution in [0.25, 0.3) is 0 Å². The smallest absolute Gasteiger partial charge is 0.481 e. The first kappa shape index (κ1) is 98.9. The average Bonchev–Trinajstić information content (AvgIpc) is 3.08. The predicted molar refractivity (Wildman–Crippen MR) is 386 cm³/mol. The van der Waals surface area contributed by atoms with Gasteiger partial charge in [0.15, 0.2) is 0 Å². The molecule has 0 fully saturated rings. The molecule has 0 heterocycles. The maximum Gasteiger partial charge on any atom is 0.500 e. The zero-order chi connectivity index (χ0) is 70.3. The monoisotopic (exact) mass is 1480 g/mol. The highest BCUT2D eigenvalue weighted by Crippen LogP contribution is 2.27. The minimum Gasteiger partial charge on any atom is -0.481 e. The molecule has 33 heteroatoms. The first-order valence-corrected chi connectivity index (χ1v) is 46.1. The van der Waals surface area contributed by atoms with E-state index < -0.39 is 50.0 Å². The highest BCUT2D eigenvalue weighted by atomic mass is 32.2. The number of aliphatic hydroxyl groups excluding tert-OH is 1. The Morgan fingerprint density at radius 3 is 0.989 bits per heavy atom. The standard InChI is InChI=1S/C14H30O4SSi.C13H29NO4SSi.C11H25NO4SSi.C10H22O5SSi.C9H22O4SSi/c1-6-16-20(17-7-2,18-8-3)11-9-10-19-12-13(4)14(5)15;1-13(2,12(15)14(3)4)11-19-9-8-10-20(16-5,17-6)18-7;1-10(12-11(2)13)9-17-7-6-8-18(14-3,15-4)16-5;1-9(10(11)12)8-16-6-5-7-17(13-2,14-3)15-4;1-9(10)8-14-6-5-7-15(11-2,12-3)13-4/h13H,6-12H2,1-5H3;8-11H2,1-7H3;10H,6-9H2,1-5H3,(H,12,13);9H,5-8H2,1-4H3,(H,11,12);9-10H,5-8H2,1-4H3. The molecule has 3 N–H and O–H groups in total. The van der Waals surface area contributed by atoms with Gasteiger partial charge in [0.1, 0.15) is 5.78 Å². The molecule has 542 valence electrons. The Kier molecular flexibility index (Phi) is 66.5. The minimum atomic E-state index is -2.47. The van der Waals surface area contributed by atoms with Crippen molar-refractivity contribution in [2.75, 3.05) is 177 Å². The van der Waals surface area contributed by atoms with Gasteiger partial charge in [-0.2, -0.15) is 58.8 Å². The molecule has 90 heavy (non-hydrogen) atoms. The number of nitrogens with one attached hydrogen (secondary N) is 1. The zero-order valence-corrected chi connectivity index (χ0v) is 69.3. The molecule has 0 spiro atoms. The molecule has 0 aliphatic rings. The molecule has 0 aliphatic heterocycles. The maximum atomic E-state index is 12.0. The molecule has 4 unspecified atom stereocenters. The fourth-order valence-corrected chi connectivity index (χ4v) is 23.6. The van der Waals surface area contributed by atoms with Gasteiger partial charge in [0.05, 0.1) is 17.4 Å². The Hall–Kier alpha value is 0.274. The van der Waals surface area contributed by atoms with Crippen LogP contribution in [0.2, 0.25) is 30.2 Å². The normalized spacial score (nSPS) is 13.4. The Bertz CT molecular complexity index is 1680. The first-order valence-electron chi connectivity index (χ1n) is 30.7. The van der Waals surface area contributed by atoms with E-state index in [2.05, 4.69) is 5.32 Å². The molecule has 0 rings (SSSR count). The van der Waals surface area contributed by atoms with Crippen molar-refractivity contribution in [1.82, 2.24) is 10.2 Å². The van der Waals surface area contributed by atoms with Crippen LogP contribution in [-0.4, -0.2) is 272 Å². The third-order valence-electron chi connectivity index (χ3n) is 13.2. The highest BCUT2D eigenvalue weighted by molar-refractivity contribution is 8.00. The molecule has 23 nitrogen and oxygen atoms in total. The van der Waals surface area contributed by atoms with Gasteiger partial charge in [-0.3, -0.25) is 19.2 Å². The average molecular weight is 1480 g/mol. The van der Waals surface area contributed by atoms with Crippen molar-refractivity contribution >= 4 is 126 Å². The molecule has 0 aromatic carbocycles. The van der Waals surface area contributed by atoms with E-state index in [4.69, 9.17) is 76.6 Å². The van der Waals surface area contributed by atoms with Crippen LogP contribution in [0.4, 0.5) is 0 Å². The fourth-order valence-electron chi connectivity index (χ4n) is 7.79. The van der Waals surface area contributed by atoms with E-state index >= 15 is 0 Å². The number of carbonyl (C=O) groups is 4. The van der Waals surface area contributed by atoms with Crippen LogP contribution in [0.1, 0.15) is 108 Å². The number of thioether (sulfide) groups is 5. The van der Waals surface area contributed by atoms with E-state index in [0.29, 0.717) is 25.6 Å². The summed E-state index contributed by atoms with van der Waals surface area (Å²) in [5.74, 6) is 8.47. The van der Waals surface area contributed by atoms with Crippen LogP contribution in [-0.2, 0) is 85.6 Å². The predicted octanol–water partition coefficient (Wildman–Crippen LogP) is 10.1. The van der Waals surface area contributed by atoms with Crippen molar-refractivity contribution in [3.8, 4) is 0 Å². The second-order valence-corrected chi connectivity index (χ2v) is 42.1. The first-order chi connectivity index (χ1) is 42.4. The Balaban J connectivity index is -0.000000336. The third-order valence-corrected chi connectivity index (χ3v) is 34.4. The SMILES string of the molecule is CCO[Si](CCCSCC(C)C(C)=O)(OCC)OCC.CO[Si](CCCSCC(C)(C)C(=O)N(C)C)(OC)OC.CO[Si](CCCSCC(C)C(=O)O)(OC)OC.CO[Si](CCCSCC(C)NC(C)=O)(OC)OC.CO[Si](CCCSCC(C)O)(OC)OC. The fraction of sp³-hybridized carbons (Fsp3) is 0.930. The summed E-state index contributed by atoms with van der Waals surface area (Å²) in [4.78, 5) is 46.2.